The molecule has 4 aromatic rings. The van der Waals surface area contributed by atoms with Crippen molar-refractivity contribution in [3.63, 3.8) is 0 Å². The maximum atomic E-state index is 13.4. The zero-order valence-electron chi connectivity index (χ0n) is 16.7. The number of benzene rings is 3. The van der Waals surface area contributed by atoms with E-state index in [4.69, 9.17) is 4.42 Å². The van der Waals surface area contributed by atoms with E-state index in [1.54, 1.807) is 0 Å². The summed E-state index contributed by atoms with van der Waals surface area (Å²) in [4.78, 5) is 16.6. The normalized spacial score (nSPS) is 12.6. The molecular weight excluding hydrogens is 390 g/mol. The van der Waals surface area contributed by atoms with Crippen molar-refractivity contribution in [1.82, 2.24) is 0 Å². The van der Waals surface area contributed by atoms with Gasteiger partial charge in [0.15, 0.2) is 0 Å². The lowest BCUT2D eigenvalue weighted by molar-refractivity contribution is 0.522. The molecule has 4 heteroatoms. The van der Waals surface area contributed by atoms with E-state index in [0.29, 0.717) is 11.3 Å². The van der Waals surface area contributed by atoms with Gasteiger partial charge in [-0.15, -0.1) is 11.8 Å². The highest BCUT2D eigenvalue weighted by atomic mass is 32.2. The molecule has 0 radical (unpaired) electrons. The van der Waals surface area contributed by atoms with Gasteiger partial charge in [0.2, 0.25) is 0 Å². The summed E-state index contributed by atoms with van der Waals surface area (Å²) in [6.45, 7) is 0. The van der Waals surface area contributed by atoms with Crippen molar-refractivity contribution >= 4 is 23.1 Å². The van der Waals surface area contributed by atoms with Crippen LogP contribution in [0.1, 0.15) is 5.56 Å². The summed E-state index contributed by atoms with van der Waals surface area (Å²) in [6.07, 6.45) is 0.824. The summed E-state index contributed by atoms with van der Waals surface area (Å²) in [5.74, 6) is 1.62. The van der Waals surface area contributed by atoms with E-state index in [-0.39, 0.29) is 5.63 Å². The van der Waals surface area contributed by atoms with E-state index < -0.39 is 0 Å². The van der Waals surface area contributed by atoms with Crippen molar-refractivity contribution in [3.05, 3.63) is 101 Å². The Morgan fingerprint density at radius 3 is 2.30 bits per heavy atom. The van der Waals surface area contributed by atoms with E-state index in [2.05, 4.69) is 23.1 Å². The first-order chi connectivity index (χ1) is 14.7. The summed E-state index contributed by atoms with van der Waals surface area (Å²) < 4.78 is 6.02. The summed E-state index contributed by atoms with van der Waals surface area (Å²) in [7, 11) is 2.03. The Morgan fingerprint density at radius 2 is 1.53 bits per heavy atom. The molecule has 0 saturated carbocycles. The highest BCUT2D eigenvalue weighted by molar-refractivity contribution is 7.99. The second-order valence-electron chi connectivity index (χ2n) is 7.28. The van der Waals surface area contributed by atoms with Gasteiger partial charge in [-0.3, -0.25) is 0 Å². The summed E-state index contributed by atoms with van der Waals surface area (Å²) in [5.41, 5.74) is 5.22. The molecule has 3 nitrogen and oxygen atoms in total. The molecule has 0 saturated heterocycles. The molecule has 0 aliphatic carbocycles. The van der Waals surface area contributed by atoms with Gasteiger partial charge in [0.25, 0.3) is 0 Å². The number of thioether (sulfide) groups is 1. The average molecular weight is 412 g/mol. The first kappa shape index (κ1) is 18.8. The highest BCUT2D eigenvalue weighted by Gasteiger charge is 2.27. The Bertz CT molecular complexity index is 1250. The molecule has 148 valence electrons. The number of fused-ring (bicyclic) bond motifs is 3. The third-order valence-electron chi connectivity index (χ3n) is 5.48. The first-order valence-electron chi connectivity index (χ1n) is 10.0. The van der Waals surface area contributed by atoms with Crippen molar-refractivity contribution in [3.8, 4) is 22.5 Å². The Labute approximate surface area is 180 Å². The predicted octanol–water partition coefficient (Wildman–Crippen LogP) is 6.39. The van der Waals surface area contributed by atoms with Gasteiger partial charge in [-0.05, 0) is 30.2 Å². The molecular formula is C26H21NO2S. The third-order valence-corrected chi connectivity index (χ3v) is 6.55. The minimum absolute atomic E-state index is 0.306. The van der Waals surface area contributed by atoms with Crippen LogP contribution in [-0.2, 0) is 6.42 Å². The van der Waals surface area contributed by atoms with Crippen LogP contribution in [0.25, 0.3) is 22.5 Å². The van der Waals surface area contributed by atoms with Crippen LogP contribution >= 0.6 is 11.8 Å². The number of hydrogen-bond donors (Lipinski definition) is 0. The minimum Gasteiger partial charge on any atom is -0.422 e. The third kappa shape index (κ3) is 3.23. The van der Waals surface area contributed by atoms with E-state index in [0.717, 1.165) is 45.1 Å². The number of anilines is 2. The van der Waals surface area contributed by atoms with Crippen LogP contribution in [0.3, 0.4) is 0 Å². The fourth-order valence-electron chi connectivity index (χ4n) is 4.06. The van der Waals surface area contributed by atoms with Crippen LogP contribution < -0.4 is 10.5 Å². The fraction of sp³-hybridized carbons (Fsp3) is 0.115. The maximum absolute atomic E-state index is 13.4. The smallest absolute Gasteiger partial charge is 0.346 e. The number of nitrogens with zero attached hydrogens (tertiary/aromatic N) is 1. The van der Waals surface area contributed by atoms with Crippen LogP contribution in [0.4, 0.5) is 11.4 Å². The second kappa shape index (κ2) is 7.88. The van der Waals surface area contributed by atoms with Crippen molar-refractivity contribution in [1.29, 1.82) is 0 Å². The Kier molecular flexibility index (Phi) is 4.93. The van der Waals surface area contributed by atoms with Gasteiger partial charge in [-0.1, -0.05) is 66.7 Å². The maximum Gasteiger partial charge on any atom is 0.346 e. The van der Waals surface area contributed by atoms with Gasteiger partial charge in [0.05, 0.1) is 11.3 Å². The van der Waals surface area contributed by atoms with E-state index >= 15 is 0 Å². The van der Waals surface area contributed by atoms with Gasteiger partial charge in [-0.2, -0.15) is 0 Å². The zero-order valence-corrected chi connectivity index (χ0v) is 17.5. The molecule has 0 spiro atoms. The van der Waals surface area contributed by atoms with Crippen LogP contribution in [-0.4, -0.2) is 12.8 Å². The zero-order chi connectivity index (χ0) is 20.5. The molecule has 2 heterocycles. The lowest BCUT2D eigenvalue weighted by Crippen LogP contribution is -2.19. The summed E-state index contributed by atoms with van der Waals surface area (Å²) in [5, 5.41) is 0. The molecule has 0 unspecified atom stereocenters. The second-order valence-corrected chi connectivity index (χ2v) is 8.41. The lowest BCUT2D eigenvalue weighted by atomic mass is 9.96. The highest BCUT2D eigenvalue weighted by Crippen LogP contribution is 2.44. The van der Waals surface area contributed by atoms with Gasteiger partial charge in [0, 0.05) is 34.5 Å². The standard InChI is InChI=1S/C26H21NO2S/c1-27(19-12-6-3-7-13-19)24-21-16-17-30-22-15-9-8-14-20(22)25(21)29-26(28)23(24)18-10-4-2-5-11-18/h2-15H,16-17H2,1H3. The van der Waals surface area contributed by atoms with Crippen molar-refractivity contribution in [2.24, 2.45) is 0 Å². The summed E-state index contributed by atoms with van der Waals surface area (Å²) >= 11 is 1.81. The molecule has 30 heavy (non-hydrogen) atoms. The Morgan fingerprint density at radius 1 is 0.867 bits per heavy atom. The molecule has 5 rings (SSSR count). The monoisotopic (exact) mass is 411 g/mol. The van der Waals surface area contributed by atoms with E-state index in [1.165, 1.54) is 0 Å². The SMILES string of the molecule is CN(c1ccccc1)c1c2c(oc(=O)c1-c1ccccc1)-c1ccccc1SCC2. The molecule has 0 atom stereocenters. The lowest BCUT2D eigenvalue weighted by Gasteiger charge is -2.26. The predicted molar refractivity (Wildman–Crippen MR) is 125 cm³/mol. The summed E-state index contributed by atoms with van der Waals surface area (Å²) in [6, 6.07) is 28.2. The molecule has 0 amide bonds. The largest absolute Gasteiger partial charge is 0.422 e. The molecule has 0 bridgehead atoms. The van der Waals surface area contributed by atoms with Crippen LogP contribution in [0.5, 0.6) is 0 Å². The van der Waals surface area contributed by atoms with E-state index in [9.17, 15) is 4.79 Å². The van der Waals surface area contributed by atoms with Crippen LogP contribution in [0.2, 0.25) is 0 Å². The van der Waals surface area contributed by atoms with Crippen molar-refractivity contribution < 1.29 is 4.42 Å². The molecule has 3 aromatic carbocycles. The molecule has 1 aliphatic rings. The van der Waals surface area contributed by atoms with Gasteiger partial charge >= 0.3 is 5.63 Å². The number of hydrogen-bond acceptors (Lipinski definition) is 4. The Hall–Kier alpha value is -3.24. The quantitative estimate of drug-likeness (QED) is 0.391. The molecule has 0 fully saturated rings. The van der Waals surface area contributed by atoms with Gasteiger partial charge < -0.3 is 9.32 Å². The minimum atomic E-state index is -0.306. The molecule has 1 aromatic heterocycles. The van der Waals surface area contributed by atoms with Gasteiger partial charge in [-0.25, -0.2) is 4.79 Å². The fourth-order valence-corrected chi connectivity index (χ4v) is 5.08. The van der Waals surface area contributed by atoms with Crippen LogP contribution in [0.15, 0.2) is 99.0 Å². The van der Waals surface area contributed by atoms with E-state index in [1.807, 2.05) is 85.5 Å². The Balaban J connectivity index is 1.85. The van der Waals surface area contributed by atoms with Gasteiger partial charge in [0.1, 0.15) is 5.76 Å². The number of rotatable bonds is 3. The average Bonchev–Trinajstić information content (AvgIpc) is 2.98. The molecule has 0 N–H and O–H groups in total. The van der Waals surface area contributed by atoms with Crippen LogP contribution in [0, 0.1) is 0 Å². The first-order valence-corrected chi connectivity index (χ1v) is 11.0. The van der Waals surface area contributed by atoms with Crippen molar-refractivity contribution in [2.45, 2.75) is 11.3 Å². The van der Waals surface area contributed by atoms with Crippen molar-refractivity contribution in [2.75, 3.05) is 17.7 Å². The topological polar surface area (TPSA) is 33.5 Å². The molecule has 1 aliphatic heterocycles. The number of para-hydroxylation sites is 1.